The second-order valence-corrected chi connectivity index (χ2v) is 8.31. The van der Waals surface area contributed by atoms with Crippen molar-refractivity contribution in [2.24, 2.45) is 0 Å². The third-order valence-electron chi connectivity index (χ3n) is 3.58. The minimum atomic E-state index is -0.769. The van der Waals surface area contributed by atoms with Gasteiger partial charge in [-0.05, 0) is 44.8 Å². The minimum Gasteiger partial charge on any atom is -0.459 e. The van der Waals surface area contributed by atoms with Crippen LogP contribution in [0.4, 0.5) is 4.79 Å². The molecule has 0 aliphatic carbocycles. The zero-order chi connectivity index (χ0) is 21.2. The van der Waals surface area contributed by atoms with E-state index in [-0.39, 0.29) is 19.1 Å². The number of esters is 1. The summed E-state index contributed by atoms with van der Waals surface area (Å²) >= 11 is 1.56. The zero-order valence-electron chi connectivity index (χ0n) is 17.2. The summed E-state index contributed by atoms with van der Waals surface area (Å²) in [5, 5.41) is 2.60. The first-order valence-corrected chi connectivity index (χ1v) is 10.4. The van der Waals surface area contributed by atoms with Crippen LogP contribution >= 0.6 is 11.8 Å². The molecule has 0 aromatic heterocycles. The van der Waals surface area contributed by atoms with E-state index in [1.165, 1.54) is 11.9 Å². The highest BCUT2D eigenvalue weighted by molar-refractivity contribution is 7.98. The summed E-state index contributed by atoms with van der Waals surface area (Å²) in [5.41, 5.74) is 0.207. The maximum atomic E-state index is 12.7. The number of hydrogen-bond acceptors (Lipinski definition) is 6. The van der Waals surface area contributed by atoms with Crippen LogP contribution in [0.2, 0.25) is 0 Å². The fraction of sp³-hybridized carbons (Fsp3) is 0.550. The van der Waals surface area contributed by atoms with E-state index in [9.17, 15) is 14.4 Å². The lowest BCUT2D eigenvalue weighted by Crippen LogP contribution is -2.50. The maximum absolute atomic E-state index is 12.7. The van der Waals surface area contributed by atoms with Crippen LogP contribution in [-0.2, 0) is 25.7 Å². The van der Waals surface area contributed by atoms with E-state index in [1.807, 2.05) is 36.6 Å². The molecule has 1 aromatic carbocycles. The van der Waals surface area contributed by atoms with Crippen LogP contribution in [0.5, 0.6) is 0 Å². The number of alkyl carbamates (subject to hydrolysis) is 1. The molecule has 0 aliphatic heterocycles. The third kappa shape index (κ3) is 9.64. The molecule has 0 fully saturated rings. The molecule has 1 aromatic rings. The minimum absolute atomic E-state index is 0.147. The highest BCUT2D eigenvalue weighted by atomic mass is 32.2. The highest BCUT2D eigenvalue weighted by Gasteiger charge is 2.27. The smallest absolute Gasteiger partial charge is 0.408 e. The molecule has 1 atom stereocenters. The Kier molecular flexibility index (Phi) is 9.85. The Labute approximate surface area is 171 Å². The maximum Gasteiger partial charge on any atom is 0.408 e. The van der Waals surface area contributed by atoms with Gasteiger partial charge in [0.05, 0.1) is 0 Å². The molecule has 8 heteroatoms. The molecule has 1 unspecified atom stereocenters. The standard InChI is InChI=1S/C20H30N2O5S/c1-20(2,3)27-19(25)21-16(11-12-28-5)18(24)22(4)13-17(23)26-14-15-9-7-6-8-10-15/h6-10,16H,11-14H2,1-5H3,(H,21,25). The lowest BCUT2D eigenvalue weighted by molar-refractivity contribution is -0.150. The Bertz CT molecular complexity index is 646. The van der Waals surface area contributed by atoms with Gasteiger partial charge in [0.2, 0.25) is 5.91 Å². The van der Waals surface area contributed by atoms with Crippen molar-refractivity contribution in [2.45, 2.75) is 45.4 Å². The summed E-state index contributed by atoms with van der Waals surface area (Å²) in [4.78, 5) is 38.0. The van der Waals surface area contributed by atoms with E-state index < -0.39 is 23.7 Å². The molecule has 0 heterocycles. The average molecular weight is 411 g/mol. The molecule has 0 radical (unpaired) electrons. The van der Waals surface area contributed by atoms with Gasteiger partial charge >= 0.3 is 12.1 Å². The summed E-state index contributed by atoms with van der Waals surface area (Å²) in [6, 6.07) is 8.53. The number of nitrogens with zero attached hydrogens (tertiary/aromatic N) is 1. The van der Waals surface area contributed by atoms with Crippen molar-refractivity contribution in [3.63, 3.8) is 0 Å². The highest BCUT2D eigenvalue weighted by Crippen LogP contribution is 2.09. The van der Waals surface area contributed by atoms with Gasteiger partial charge in [-0.15, -0.1) is 0 Å². The average Bonchev–Trinajstić information content (AvgIpc) is 2.62. The monoisotopic (exact) mass is 410 g/mol. The predicted octanol–water partition coefficient (Wildman–Crippen LogP) is 2.83. The molecular formula is C20H30N2O5S. The van der Waals surface area contributed by atoms with Crippen LogP contribution in [0.1, 0.15) is 32.8 Å². The van der Waals surface area contributed by atoms with Crippen LogP contribution in [-0.4, -0.2) is 60.1 Å². The first-order valence-electron chi connectivity index (χ1n) is 9.05. The second-order valence-electron chi connectivity index (χ2n) is 7.32. The van der Waals surface area contributed by atoms with Gasteiger partial charge in [-0.2, -0.15) is 11.8 Å². The summed E-state index contributed by atoms with van der Waals surface area (Å²) in [6.45, 7) is 5.20. The predicted molar refractivity (Wildman–Crippen MR) is 110 cm³/mol. The van der Waals surface area contributed by atoms with Crippen LogP contribution in [0, 0.1) is 0 Å². The summed E-state index contributed by atoms with van der Waals surface area (Å²) in [6.07, 6.45) is 1.69. The van der Waals surface area contributed by atoms with Gasteiger partial charge in [-0.25, -0.2) is 4.79 Å². The van der Waals surface area contributed by atoms with Crippen LogP contribution < -0.4 is 5.32 Å². The Balaban J connectivity index is 2.59. The van der Waals surface area contributed by atoms with Crippen LogP contribution in [0.25, 0.3) is 0 Å². The first kappa shape index (κ1) is 23.8. The molecule has 28 heavy (non-hydrogen) atoms. The number of likely N-dealkylation sites (N-methyl/N-ethyl adjacent to an activating group) is 1. The molecule has 2 amide bonds. The van der Waals surface area contributed by atoms with E-state index in [1.54, 1.807) is 32.5 Å². The molecule has 0 spiro atoms. The SMILES string of the molecule is CSCCC(NC(=O)OC(C)(C)C)C(=O)N(C)CC(=O)OCc1ccccc1. The number of carbonyl (C=O) groups excluding carboxylic acids is 3. The molecule has 0 aliphatic rings. The van der Waals surface area contributed by atoms with Gasteiger partial charge < -0.3 is 19.7 Å². The van der Waals surface area contributed by atoms with Gasteiger partial charge in [0.25, 0.3) is 0 Å². The van der Waals surface area contributed by atoms with Crippen molar-refractivity contribution in [1.82, 2.24) is 10.2 Å². The van der Waals surface area contributed by atoms with Gasteiger partial charge in [-0.1, -0.05) is 30.3 Å². The molecule has 7 nitrogen and oxygen atoms in total. The Morgan fingerprint density at radius 3 is 2.39 bits per heavy atom. The van der Waals surface area contributed by atoms with Gasteiger partial charge in [0.15, 0.2) is 0 Å². The first-order chi connectivity index (χ1) is 13.1. The Hall–Kier alpha value is -2.22. The fourth-order valence-corrected chi connectivity index (χ4v) is 2.74. The number of benzene rings is 1. The van der Waals surface area contributed by atoms with Crippen molar-refractivity contribution >= 4 is 29.7 Å². The molecular weight excluding hydrogens is 380 g/mol. The van der Waals surface area contributed by atoms with E-state index in [0.717, 1.165) is 5.56 Å². The molecule has 1 rings (SSSR count). The van der Waals surface area contributed by atoms with Crippen molar-refractivity contribution in [2.75, 3.05) is 25.6 Å². The number of carbonyl (C=O) groups is 3. The fourth-order valence-electron chi connectivity index (χ4n) is 2.26. The third-order valence-corrected chi connectivity index (χ3v) is 4.23. The molecule has 1 N–H and O–H groups in total. The molecule has 0 saturated heterocycles. The molecule has 156 valence electrons. The number of rotatable bonds is 9. The van der Waals surface area contributed by atoms with Crippen molar-refractivity contribution in [1.29, 1.82) is 0 Å². The van der Waals surface area contributed by atoms with E-state index in [2.05, 4.69) is 5.32 Å². The summed E-state index contributed by atoms with van der Waals surface area (Å²) in [5.74, 6) is -0.199. The summed E-state index contributed by atoms with van der Waals surface area (Å²) in [7, 11) is 1.51. The van der Waals surface area contributed by atoms with Crippen molar-refractivity contribution in [3.8, 4) is 0 Å². The van der Waals surface area contributed by atoms with Crippen LogP contribution in [0.3, 0.4) is 0 Å². The summed E-state index contributed by atoms with van der Waals surface area (Å²) < 4.78 is 10.4. The molecule has 0 saturated carbocycles. The van der Waals surface area contributed by atoms with E-state index in [0.29, 0.717) is 12.2 Å². The Morgan fingerprint density at radius 2 is 1.82 bits per heavy atom. The number of thioether (sulfide) groups is 1. The topological polar surface area (TPSA) is 84.9 Å². The van der Waals surface area contributed by atoms with Crippen molar-refractivity contribution in [3.05, 3.63) is 35.9 Å². The number of ether oxygens (including phenoxy) is 2. The van der Waals surface area contributed by atoms with E-state index >= 15 is 0 Å². The molecule has 0 bridgehead atoms. The van der Waals surface area contributed by atoms with E-state index in [4.69, 9.17) is 9.47 Å². The Morgan fingerprint density at radius 1 is 1.18 bits per heavy atom. The number of amides is 2. The zero-order valence-corrected chi connectivity index (χ0v) is 18.0. The lowest BCUT2D eigenvalue weighted by atomic mass is 10.2. The second kappa shape index (κ2) is 11.6. The lowest BCUT2D eigenvalue weighted by Gasteiger charge is -2.26. The normalized spacial score (nSPS) is 12.0. The number of hydrogen-bond donors (Lipinski definition) is 1. The van der Waals surface area contributed by atoms with Gasteiger partial charge in [0, 0.05) is 7.05 Å². The van der Waals surface area contributed by atoms with Crippen LogP contribution in [0.15, 0.2) is 30.3 Å². The van der Waals surface area contributed by atoms with Gasteiger partial charge in [0.1, 0.15) is 24.8 Å². The quantitative estimate of drug-likeness (QED) is 0.630. The largest absolute Gasteiger partial charge is 0.459 e. The van der Waals surface area contributed by atoms with Crippen molar-refractivity contribution < 1.29 is 23.9 Å². The number of nitrogens with one attached hydrogen (secondary N) is 1. The van der Waals surface area contributed by atoms with Gasteiger partial charge in [-0.3, -0.25) is 9.59 Å².